The van der Waals surface area contributed by atoms with E-state index in [2.05, 4.69) is 45.2 Å². The van der Waals surface area contributed by atoms with Crippen LogP contribution in [0.3, 0.4) is 0 Å². The molecule has 4 rings (SSSR count). The molecule has 1 aliphatic heterocycles. The SMILES string of the molecule is CCn1c(C2CCN(Cc3ccc(C)c4ncccc34)CC2)n[nH]c1=O. The van der Waals surface area contributed by atoms with Crippen LogP contribution in [0.2, 0.25) is 0 Å². The average molecular weight is 351 g/mol. The van der Waals surface area contributed by atoms with Crippen LogP contribution in [0.25, 0.3) is 10.9 Å². The van der Waals surface area contributed by atoms with Crippen LogP contribution in [0, 0.1) is 6.92 Å². The zero-order valence-corrected chi connectivity index (χ0v) is 15.4. The van der Waals surface area contributed by atoms with Gasteiger partial charge in [0.15, 0.2) is 0 Å². The maximum atomic E-state index is 11.8. The Kier molecular flexibility index (Phi) is 4.59. The summed E-state index contributed by atoms with van der Waals surface area (Å²) < 4.78 is 1.76. The Morgan fingerprint density at radius 3 is 2.81 bits per heavy atom. The van der Waals surface area contributed by atoms with Crippen LogP contribution in [0.15, 0.2) is 35.3 Å². The molecule has 2 aromatic heterocycles. The number of hydrogen-bond donors (Lipinski definition) is 1. The number of rotatable bonds is 4. The molecule has 6 nitrogen and oxygen atoms in total. The summed E-state index contributed by atoms with van der Waals surface area (Å²) in [6.45, 7) is 7.76. The van der Waals surface area contributed by atoms with Crippen LogP contribution in [-0.2, 0) is 13.1 Å². The number of H-pyrrole nitrogens is 1. The van der Waals surface area contributed by atoms with Crippen LogP contribution in [0.1, 0.15) is 42.6 Å². The second kappa shape index (κ2) is 7.03. The average Bonchev–Trinajstić information content (AvgIpc) is 3.05. The molecular formula is C20H25N5O. The van der Waals surface area contributed by atoms with Gasteiger partial charge in [0.1, 0.15) is 5.82 Å². The number of likely N-dealkylation sites (tertiary alicyclic amines) is 1. The van der Waals surface area contributed by atoms with Gasteiger partial charge in [-0.05, 0) is 57.0 Å². The molecule has 0 bridgehead atoms. The van der Waals surface area contributed by atoms with E-state index in [9.17, 15) is 4.79 Å². The molecule has 0 aliphatic carbocycles. The molecule has 0 saturated carbocycles. The largest absolute Gasteiger partial charge is 0.343 e. The molecule has 0 spiro atoms. The molecule has 3 aromatic rings. The van der Waals surface area contributed by atoms with Gasteiger partial charge in [0.2, 0.25) is 0 Å². The van der Waals surface area contributed by atoms with Crippen LogP contribution in [0.4, 0.5) is 0 Å². The minimum absolute atomic E-state index is 0.0939. The van der Waals surface area contributed by atoms with Crippen molar-refractivity contribution in [2.24, 2.45) is 0 Å². The third kappa shape index (κ3) is 3.05. The van der Waals surface area contributed by atoms with Crippen molar-refractivity contribution in [2.45, 2.75) is 45.7 Å². The summed E-state index contributed by atoms with van der Waals surface area (Å²) in [5.74, 6) is 1.28. The lowest BCUT2D eigenvalue weighted by molar-refractivity contribution is 0.200. The molecule has 3 heterocycles. The van der Waals surface area contributed by atoms with Crippen LogP contribution < -0.4 is 5.69 Å². The predicted octanol–water partition coefficient (Wildman–Crippen LogP) is 2.83. The molecular weight excluding hydrogens is 326 g/mol. The monoisotopic (exact) mass is 351 g/mol. The summed E-state index contributed by atoms with van der Waals surface area (Å²) >= 11 is 0. The van der Waals surface area contributed by atoms with E-state index in [1.807, 2.05) is 19.2 Å². The minimum atomic E-state index is -0.0939. The van der Waals surface area contributed by atoms with Gasteiger partial charge in [0.05, 0.1) is 5.52 Å². The molecule has 0 atom stereocenters. The molecule has 136 valence electrons. The smallest absolute Gasteiger partial charge is 0.299 e. The van der Waals surface area contributed by atoms with Gasteiger partial charge in [0.25, 0.3) is 0 Å². The summed E-state index contributed by atoms with van der Waals surface area (Å²) in [6.07, 6.45) is 3.93. The first-order valence-electron chi connectivity index (χ1n) is 9.38. The number of nitrogens with zero attached hydrogens (tertiary/aromatic N) is 4. The molecule has 1 N–H and O–H groups in total. The zero-order valence-electron chi connectivity index (χ0n) is 15.4. The second-order valence-electron chi connectivity index (χ2n) is 7.12. The number of benzene rings is 1. The second-order valence-corrected chi connectivity index (χ2v) is 7.12. The van der Waals surface area contributed by atoms with Crippen molar-refractivity contribution < 1.29 is 0 Å². The Bertz CT molecular complexity index is 966. The number of aromatic amines is 1. The van der Waals surface area contributed by atoms with Gasteiger partial charge in [-0.1, -0.05) is 18.2 Å². The number of aromatic nitrogens is 4. The topological polar surface area (TPSA) is 66.8 Å². The van der Waals surface area contributed by atoms with Crippen molar-refractivity contribution in [2.75, 3.05) is 13.1 Å². The minimum Gasteiger partial charge on any atom is -0.299 e. The highest BCUT2D eigenvalue weighted by molar-refractivity contribution is 5.84. The number of hydrogen-bond acceptors (Lipinski definition) is 4. The van der Waals surface area contributed by atoms with Crippen LogP contribution >= 0.6 is 0 Å². The Balaban J connectivity index is 1.48. The maximum Gasteiger partial charge on any atom is 0.343 e. The first-order chi connectivity index (χ1) is 12.7. The van der Waals surface area contributed by atoms with E-state index in [-0.39, 0.29) is 5.69 Å². The van der Waals surface area contributed by atoms with Crippen molar-refractivity contribution in [1.29, 1.82) is 0 Å². The summed E-state index contributed by atoms with van der Waals surface area (Å²) in [6, 6.07) is 8.58. The fourth-order valence-electron chi connectivity index (χ4n) is 4.05. The molecule has 1 aliphatic rings. The van der Waals surface area contributed by atoms with Crippen molar-refractivity contribution in [1.82, 2.24) is 24.6 Å². The zero-order chi connectivity index (χ0) is 18.1. The van der Waals surface area contributed by atoms with E-state index in [0.717, 1.165) is 43.8 Å². The van der Waals surface area contributed by atoms with Crippen LogP contribution in [0.5, 0.6) is 0 Å². The first-order valence-corrected chi connectivity index (χ1v) is 9.38. The van der Waals surface area contributed by atoms with E-state index < -0.39 is 0 Å². The summed E-state index contributed by atoms with van der Waals surface area (Å²) in [5.41, 5.74) is 3.56. The highest BCUT2D eigenvalue weighted by Gasteiger charge is 2.25. The molecule has 6 heteroatoms. The fraction of sp³-hybridized carbons (Fsp3) is 0.450. The van der Waals surface area contributed by atoms with E-state index >= 15 is 0 Å². The molecule has 0 unspecified atom stereocenters. The van der Waals surface area contributed by atoms with Crippen LogP contribution in [-0.4, -0.2) is 37.7 Å². The summed E-state index contributed by atoms with van der Waals surface area (Å²) in [5, 5.41) is 8.12. The van der Waals surface area contributed by atoms with Gasteiger partial charge in [-0.3, -0.25) is 14.5 Å². The lowest BCUT2D eigenvalue weighted by Crippen LogP contribution is -2.33. The normalized spacial score (nSPS) is 16.4. The standard InChI is InChI=1S/C20H25N5O/c1-3-25-19(22-23-20(25)26)15-8-11-24(12-9-15)13-16-7-6-14(2)18-17(16)5-4-10-21-18/h4-7,10,15H,3,8-9,11-13H2,1-2H3,(H,23,26). The van der Waals surface area contributed by atoms with Gasteiger partial charge in [0, 0.05) is 30.6 Å². The van der Waals surface area contributed by atoms with E-state index in [0.29, 0.717) is 12.5 Å². The van der Waals surface area contributed by atoms with Crippen molar-refractivity contribution in [3.8, 4) is 0 Å². The Labute approximate surface area is 152 Å². The maximum absolute atomic E-state index is 11.8. The van der Waals surface area contributed by atoms with Gasteiger partial charge in [-0.2, -0.15) is 5.10 Å². The highest BCUT2D eigenvalue weighted by atomic mass is 16.1. The van der Waals surface area contributed by atoms with Gasteiger partial charge in [-0.15, -0.1) is 0 Å². The summed E-state index contributed by atoms with van der Waals surface area (Å²) in [7, 11) is 0. The Morgan fingerprint density at radius 2 is 2.04 bits per heavy atom. The third-order valence-corrected chi connectivity index (χ3v) is 5.51. The number of pyridine rings is 1. The van der Waals surface area contributed by atoms with E-state index in [1.54, 1.807) is 4.57 Å². The lowest BCUT2D eigenvalue weighted by Gasteiger charge is -2.31. The summed E-state index contributed by atoms with van der Waals surface area (Å²) in [4.78, 5) is 18.8. The molecule has 26 heavy (non-hydrogen) atoms. The molecule has 0 amide bonds. The van der Waals surface area contributed by atoms with Gasteiger partial charge < -0.3 is 0 Å². The fourth-order valence-corrected chi connectivity index (χ4v) is 4.05. The van der Waals surface area contributed by atoms with Gasteiger partial charge >= 0.3 is 5.69 Å². The quantitative estimate of drug-likeness (QED) is 0.785. The van der Waals surface area contributed by atoms with Crippen molar-refractivity contribution in [3.63, 3.8) is 0 Å². The number of piperidine rings is 1. The first kappa shape index (κ1) is 17.0. The molecule has 1 aromatic carbocycles. The van der Waals surface area contributed by atoms with Crippen molar-refractivity contribution >= 4 is 10.9 Å². The third-order valence-electron chi connectivity index (χ3n) is 5.51. The molecule has 0 radical (unpaired) electrons. The number of fused-ring (bicyclic) bond motifs is 1. The van der Waals surface area contributed by atoms with E-state index in [1.165, 1.54) is 16.5 Å². The lowest BCUT2D eigenvalue weighted by atomic mass is 9.95. The van der Waals surface area contributed by atoms with E-state index in [4.69, 9.17) is 0 Å². The number of nitrogens with one attached hydrogen (secondary N) is 1. The number of aryl methyl sites for hydroxylation is 1. The molecule has 1 saturated heterocycles. The molecule has 1 fully saturated rings. The van der Waals surface area contributed by atoms with Gasteiger partial charge in [-0.25, -0.2) is 9.89 Å². The Hall–Kier alpha value is -2.47. The Morgan fingerprint density at radius 1 is 1.23 bits per heavy atom. The highest BCUT2D eigenvalue weighted by Crippen LogP contribution is 2.28. The predicted molar refractivity (Wildman–Crippen MR) is 102 cm³/mol. The van der Waals surface area contributed by atoms with Crippen molar-refractivity contribution in [3.05, 3.63) is 57.9 Å².